The molecule has 2 aliphatic rings. The first-order valence-electron chi connectivity index (χ1n) is 12.2. The number of anilines is 1. The zero-order valence-electron chi connectivity index (χ0n) is 20.2. The fourth-order valence-electron chi connectivity index (χ4n) is 5.36. The zero-order chi connectivity index (χ0) is 25.9. The summed E-state index contributed by atoms with van der Waals surface area (Å²) >= 11 is 0. The van der Waals surface area contributed by atoms with Gasteiger partial charge in [0.15, 0.2) is 5.82 Å². The molecule has 7 nitrogen and oxygen atoms in total. The molecule has 198 valence electrons. The van der Waals surface area contributed by atoms with Crippen LogP contribution in [0.3, 0.4) is 0 Å². The molecule has 1 aliphatic carbocycles. The van der Waals surface area contributed by atoms with Gasteiger partial charge in [0.05, 0.1) is 31.6 Å². The maximum Gasteiger partial charge on any atom is 0.256 e. The summed E-state index contributed by atoms with van der Waals surface area (Å²) in [4.78, 5) is 13.7. The highest BCUT2D eigenvalue weighted by molar-refractivity contribution is 7.88. The Morgan fingerprint density at radius 2 is 1.81 bits per heavy atom. The minimum absolute atomic E-state index is 0.0113. The van der Waals surface area contributed by atoms with E-state index in [1.54, 1.807) is 4.90 Å². The van der Waals surface area contributed by atoms with Crippen LogP contribution < -0.4 is 15.1 Å². The molecule has 0 radical (unpaired) electrons. The molecule has 36 heavy (non-hydrogen) atoms. The summed E-state index contributed by atoms with van der Waals surface area (Å²) in [5, 5.41) is 0. The highest BCUT2D eigenvalue weighted by Crippen LogP contribution is 2.35. The van der Waals surface area contributed by atoms with Crippen molar-refractivity contribution < 1.29 is 26.3 Å². The van der Waals surface area contributed by atoms with Gasteiger partial charge in [-0.1, -0.05) is 30.3 Å². The zero-order valence-corrected chi connectivity index (χ0v) is 21.0. The topological polar surface area (TPSA) is 80.6 Å². The highest BCUT2D eigenvalue weighted by atomic mass is 32.2. The van der Waals surface area contributed by atoms with Gasteiger partial charge in [0.25, 0.3) is 6.43 Å². The number of halogens is 3. The molecule has 2 aromatic rings. The maximum absolute atomic E-state index is 13.9. The largest absolute Gasteiger partial charge is 0.376 e. The van der Waals surface area contributed by atoms with E-state index in [0.717, 1.165) is 48.8 Å². The summed E-state index contributed by atoms with van der Waals surface area (Å²) in [6.45, 7) is -0.339. The number of aromatic nitrogens is 1. The molecule has 1 aliphatic heterocycles. The van der Waals surface area contributed by atoms with Gasteiger partial charge in [0.1, 0.15) is 5.82 Å². The summed E-state index contributed by atoms with van der Waals surface area (Å²) in [7, 11) is -3.55. The number of ether oxygens (including phenoxy) is 1. The van der Waals surface area contributed by atoms with Gasteiger partial charge in [-0.3, -0.25) is 4.79 Å². The first-order valence-corrected chi connectivity index (χ1v) is 14.1. The van der Waals surface area contributed by atoms with Gasteiger partial charge < -0.3 is 14.2 Å². The highest BCUT2D eigenvalue weighted by Gasteiger charge is 2.38. The minimum atomic E-state index is -3.55. The van der Waals surface area contributed by atoms with Crippen molar-refractivity contribution in [1.82, 2.24) is 9.29 Å². The van der Waals surface area contributed by atoms with E-state index in [1.807, 2.05) is 18.2 Å². The molecule has 4 rings (SSSR count). The summed E-state index contributed by atoms with van der Waals surface area (Å²) in [6, 6.07) is 10.2. The van der Waals surface area contributed by atoms with Gasteiger partial charge in [0, 0.05) is 24.8 Å². The molecule has 1 aromatic heterocycles. The first-order chi connectivity index (χ1) is 17.1. The predicted molar refractivity (Wildman–Crippen MR) is 132 cm³/mol. The summed E-state index contributed by atoms with van der Waals surface area (Å²) in [6.07, 6.45) is 3.11. The van der Waals surface area contributed by atoms with E-state index in [-0.39, 0.29) is 18.5 Å². The molecule has 1 saturated carbocycles. The molecule has 1 saturated heterocycles. The van der Waals surface area contributed by atoms with Gasteiger partial charge in [-0.05, 0) is 43.6 Å². The van der Waals surface area contributed by atoms with E-state index >= 15 is 0 Å². The third-order valence-corrected chi connectivity index (χ3v) is 7.78. The van der Waals surface area contributed by atoms with Crippen molar-refractivity contribution in [2.45, 2.75) is 69.2 Å². The molecule has 2 heterocycles. The Morgan fingerprint density at radius 3 is 2.44 bits per heavy atom. The average Bonchev–Trinajstić information content (AvgIpc) is 3.21. The van der Waals surface area contributed by atoms with Crippen LogP contribution in [0.2, 0.25) is 0 Å². The molecule has 0 unspecified atom stereocenters. The van der Waals surface area contributed by atoms with Gasteiger partial charge in [0.2, 0.25) is 15.5 Å². The second kappa shape index (κ2) is 11.4. The summed E-state index contributed by atoms with van der Waals surface area (Å²) in [5.74, 6) is -0.523. The second-order valence-electron chi connectivity index (χ2n) is 9.65. The van der Waals surface area contributed by atoms with E-state index in [4.69, 9.17) is 4.74 Å². The number of pyridine rings is 1. The fraction of sp³-hybridized carbons (Fsp3) is 0.560. The number of nitrogens with one attached hydrogen (secondary N) is 1. The summed E-state index contributed by atoms with van der Waals surface area (Å²) in [5.41, 5.74) is 0.401. The Morgan fingerprint density at radius 1 is 1.11 bits per heavy atom. The van der Waals surface area contributed by atoms with Crippen molar-refractivity contribution in [3.63, 3.8) is 0 Å². The molecule has 0 spiro atoms. The van der Waals surface area contributed by atoms with Gasteiger partial charge >= 0.3 is 0 Å². The minimum Gasteiger partial charge on any atom is -0.376 e. The number of hydrogen-bond donors (Lipinski definition) is 1. The maximum atomic E-state index is 13.9. The Labute approximate surface area is 209 Å². The van der Waals surface area contributed by atoms with E-state index in [9.17, 15) is 26.4 Å². The lowest BCUT2D eigenvalue weighted by Gasteiger charge is -2.34. The number of alkyl halides is 2. The smallest absolute Gasteiger partial charge is 0.256 e. The van der Waals surface area contributed by atoms with Crippen molar-refractivity contribution in [3.8, 4) is 0 Å². The van der Waals surface area contributed by atoms with Crippen LogP contribution in [0.15, 0.2) is 47.4 Å². The van der Waals surface area contributed by atoms with E-state index in [2.05, 4.69) is 16.9 Å². The van der Waals surface area contributed by atoms with Crippen molar-refractivity contribution in [2.75, 3.05) is 24.3 Å². The Bertz CT molecular complexity index is 1180. The number of nitrogens with zero attached hydrogens (tertiary/aromatic N) is 2. The van der Waals surface area contributed by atoms with E-state index in [1.165, 1.54) is 5.56 Å². The lowest BCUT2D eigenvalue weighted by Crippen LogP contribution is -2.48. The molecular weight excluding hydrogens is 495 g/mol. The van der Waals surface area contributed by atoms with Gasteiger partial charge in [-0.15, -0.1) is 0 Å². The third-order valence-electron chi connectivity index (χ3n) is 7.05. The van der Waals surface area contributed by atoms with Gasteiger partial charge in [-0.2, -0.15) is 0 Å². The molecule has 1 N–H and O–H groups in total. The number of sulfonamides is 1. The Kier molecular flexibility index (Phi) is 8.41. The van der Waals surface area contributed by atoms with Crippen molar-refractivity contribution in [3.05, 3.63) is 64.2 Å². The number of hydrogen-bond acceptors (Lipinski definition) is 5. The van der Waals surface area contributed by atoms with Crippen LogP contribution in [0, 0.1) is 5.82 Å². The normalized spacial score (nSPS) is 25.0. The van der Waals surface area contributed by atoms with Crippen LogP contribution in [0.1, 0.15) is 43.6 Å². The Hall–Kier alpha value is -2.37. The monoisotopic (exact) mass is 527 g/mol. The first kappa shape index (κ1) is 26.7. The van der Waals surface area contributed by atoms with Crippen LogP contribution >= 0.6 is 0 Å². The van der Waals surface area contributed by atoms with E-state index in [0.29, 0.717) is 18.9 Å². The number of rotatable bonds is 9. The molecule has 2 fully saturated rings. The quantitative estimate of drug-likeness (QED) is 0.540. The summed E-state index contributed by atoms with van der Waals surface area (Å²) < 4.78 is 74.2. The molecule has 11 heteroatoms. The Balaban J connectivity index is 1.50. The predicted octanol–water partition coefficient (Wildman–Crippen LogP) is 3.49. The van der Waals surface area contributed by atoms with Crippen molar-refractivity contribution >= 4 is 15.8 Å². The van der Waals surface area contributed by atoms with Crippen LogP contribution in [0.25, 0.3) is 0 Å². The number of benzene rings is 1. The molecule has 0 amide bonds. The van der Waals surface area contributed by atoms with Crippen LogP contribution in [-0.2, 0) is 21.3 Å². The van der Waals surface area contributed by atoms with Crippen LogP contribution in [0.4, 0.5) is 19.0 Å². The third kappa shape index (κ3) is 6.68. The van der Waals surface area contributed by atoms with Crippen molar-refractivity contribution in [1.29, 1.82) is 0 Å². The van der Waals surface area contributed by atoms with Crippen molar-refractivity contribution in [2.24, 2.45) is 0 Å². The SMILES string of the molecule is CS(=O)(=O)N[C@H]1CCN(c2cc(=O)c(F)cn2CC(F)F)[C@H]1CO[C@H]1CC[C@@H](c2ccccc2)CC1. The molecule has 2 atom stereocenters. The molecule has 0 bridgehead atoms. The second-order valence-corrected chi connectivity index (χ2v) is 11.4. The lowest BCUT2D eigenvalue weighted by molar-refractivity contribution is 0.0155. The molecule has 1 aromatic carbocycles. The standard InChI is InChI=1S/C25H32F3N3O4S/c1-36(33,34)29-21-11-12-31(25-13-23(32)20(26)14-30(25)15-24(27)28)22(21)16-35-19-9-7-18(8-10-19)17-5-3-2-4-6-17/h2-6,13-14,18-19,21-22,24,29H,7-12,15-16H2,1H3/t18-,19+,21-,22-/m0/s1. The van der Waals surface area contributed by atoms with Crippen LogP contribution in [-0.4, -0.2) is 57.0 Å². The average molecular weight is 528 g/mol. The fourth-order valence-corrected chi connectivity index (χ4v) is 6.18. The lowest BCUT2D eigenvalue weighted by atomic mass is 9.83. The van der Waals surface area contributed by atoms with E-state index < -0.39 is 46.3 Å². The van der Waals surface area contributed by atoms with Crippen LogP contribution in [0.5, 0.6) is 0 Å². The van der Waals surface area contributed by atoms with Gasteiger partial charge in [-0.25, -0.2) is 26.3 Å². The molecular formula is C25H32F3N3O4S.